The van der Waals surface area contributed by atoms with E-state index in [0.29, 0.717) is 6.04 Å². The van der Waals surface area contributed by atoms with Gasteiger partial charge in [-0.25, -0.2) is 4.98 Å². The van der Waals surface area contributed by atoms with Gasteiger partial charge in [0.2, 0.25) is 0 Å². The molecule has 3 nitrogen and oxygen atoms in total. The number of hydrogen-bond donors (Lipinski definition) is 2. The predicted molar refractivity (Wildman–Crippen MR) is 62.2 cm³/mol. The highest BCUT2D eigenvalue weighted by atomic mass is 32.1. The molecule has 0 spiro atoms. The third-order valence-corrected chi connectivity index (χ3v) is 4.21. The first-order chi connectivity index (χ1) is 7.42. The molecule has 4 heteroatoms. The average molecular weight is 223 g/mol. The van der Waals surface area contributed by atoms with Crippen LogP contribution < -0.4 is 10.6 Å². The summed E-state index contributed by atoms with van der Waals surface area (Å²) in [4.78, 5) is 4.74. The standard InChI is InChI=1S/C11H17N3S/c1-2-9(13-3-1)10-7-15-11(14-10)4-8-5-12-6-8/h7-9,12-13H,1-6H2. The molecule has 2 aliphatic heterocycles. The van der Waals surface area contributed by atoms with Crippen LogP contribution in [-0.4, -0.2) is 24.6 Å². The van der Waals surface area contributed by atoms with Crippen molar-refractivity contribution in [1.82, 2.24) is 15.6 Å². The van der Waals surface area contributed by atoms with Gasteiger partial charge in [-0.05, 0) is 38.4 Å². The molecule has 0 saturated carbocycles. The fourth-order valence-electron chi connectivity index (χ4n) is 2.26. The first-order valence-corrected chi connectivity index (χ1v) is 6.68. The van der Waals surface area contributed by atoms with Crippen LogP contribution in [0.2, 0.25) is 0 Å². The Bertz CT molecular complexity index is 326. The van der Waals surface area contributed by atoms with E-state index in [1.54, 1.807) is 0 Å². The van der Waals surface area contributed by atoms with E-state index in [-0.39, 0.29) is 0 Å². The fraction of sp³-hybridized carbons (Fsp3) is 0.727. The van der Waals surface area contributed by atoms with Crippen molar-refractivity contribution in [2.24, 2.45) is 5.92 Å². The van der Waals surface area contributed by atoms with Gasteiger partial charge in [0.05, 0.1) is 16.7 Å². The average Bonchev–Trinajstić information content (AvgIpc) is 2.82. The van der Waals surface area contributed by atoms with Gasteiger partial charge in [-0.1, -0.05) is 0 Å². The van der Waals surface area contributed by atoms with Crippen LogP contribution in [0, 0.1) is 5.92 Å². The van der Waals surface area contributed by atoms with Gasteiger partial charge in [0.1, 0.15) is 0 Å². The molecule has 3 rings (SSSR count). The maximum Gasteiger partial charge on any atom is 0.0932 e. The minimum absolute atomic E-state index is 0.537. The Morgan fingerprint density at radius 1 is 1.47 bits per heavy atom. The van der Waals surface area contributed by atoms with Crippen molar-refractivity contribution in [1.29, 1.82) is 0 Å². The Morgan fingerprint density at radius 3 is 3.07 bits per heavy atom. The molecular formula is C11H17N3S. The number of nitrogens with zero attached hydrogens (tertiary/aromatic N) is 1. The van der Waals surface area contributed by atoms with Crippen molar-refractivity contribution in [3.63, 3.8) is 0 Å². The third kappa shape index (κ3) is 2.07. The predicted octanol–water partition coefficient (Wildman–Crippen LogP) is 1.33. The summed E-state index contributed by atoms with van der Waals surface area (Å²) in [5, 5.41) is 10.4. The Balaban J connectivity index is 1.64. The van der Waals surface area contributed by atoms with Crippen molar-refractivity contribution in [2.45, 2.75) is 25.3 Å². The molecule has 2 saturated heterocycles. The summed E-state index contributed by atoms with van der Waals surface area (Å²) >= 11 is 1.84. The molecular weight excluding hydrogens is 206 g/mol. The second-order valence-corrected chi connectivity index (χ2v) is 5.49. The zero-order valence-electron chi connectivity index (χ0n) is 8.83. The molecule has 2 fully saturated rings. The van der Waals surface area contributed by atoms with E-state index in [0.717, 1.165) is 12.5 Å². The van der Waals surface area contributed by atoms with Gasteiger partial charge in [0.15, 0.2) is 0 Å². The van der Waals surface area contributed by atoms with Crippen molar-refractivity contribution < 1.29 is 0 Å². The second-order valence-electron chi connectivity index (χ2n) is 4.54. The molecule has 2 aliphatic rings. The van der Waals surface area contributed by atoms with Crippen LogP contribution in [0.15, 0.2) is 5.38 Å². The molecule has 1 atom stereocenters. The number of nitrogens with one attached hydrogen (secondary N) is 2. The lowest BCUT2D eigenvalue weighted by molar-refractivity contribution is 0.346. The van der Waals surface area contributed by atoms with E-state index in [9.17, 15) is 0 Å². The van der Waals surface area contributed by atoms with E-state index in [4.69, 9.17) is 4.98 Å². The zero-order chi connectivity index (χ0) is 10.1. The molecule has 0 amide bonds. The van der Waals surface area contributed by atoms with Crippen LogP contribution in [0.1, 0.15) is 29.6 Å². The van der Waals surface area contributed by atoms with Crippen molar-refractivity contribution in [2.75, 3.05) is 19.6 Å². The Kier molecular flexibility index (Phi) is 2.73. The lowest BCUT2D eigenvalue weighted by Gasteiger charge is -2.25. The van der Waals surface area contributed by atoms with Gasteiger partial charge in [0.25, 0.3) is 0 Å². The normalized spacial score (nSPS) is 26.8. The summed E-state index contributed by atoms with van der Waals surface area (Å²) in [6.07, 6.45) is 3.72. The molecule has 1 unspecified atom stereocenters. The van der Waals surface area contributed by atoms with Gasteiger partial charge >= 0.3 is 0 Å². The Morgan fingerprint density at radius 2 is 2.40 bits per heavy atom. The number of aromatic nitrogens is 1. The molecule has 0 bridgehead atoms. The lowest BCUT2D eigenvalue weighted by Crippen LogP contribution is -2.43. The molecule has 82 valence electrons. The highest BCUT2D eigenvalue weighted by molar-refractivity contribution is 7.09. The summed E-state index contributed by atoms with van der Waals surface area (Å²) in [6, 6.07) is 0.537. The molecule has 0 aromatic carbocycles. The Hall–Kier alpha value is -0.450. The zero-order valence-corrected chi connectivity index (χ0v) is 9.65. The fourth-order valence-corrected chi connectivity index (χ4v) is 3.22. The van der Waals surface area contributed by atoms with Crippen LogP contribution in [0.4, 0.5) is 0 Å². The smallest absolute Gasteiger partial charge is 0.0932 e. The van der Waals surface area contributed by atoms with Gasteiger partial charge < -0.3 is 10.6 Å². The lowest BCUT2D eigenvalue weighted by atomic mass is 10.0. The number of rotatable bonds is 3. The van der Waals surface area contributed by atoms with Crippen LogP contribution in [0.25, 0.3) is 0 Å². The van der Waals surface area contributed by atoms with Gasteiger partial charge in [-0.2, -0.15) is 0 Å². The van der Waals surface area contributed by atoms with E-state index in [1.165, 1.54) is 43.1 Å². The quantitative estimate of drug-likeness (QED) is 0.812. The highest BCUT2D eigenvalue weighted by Gasteiger charge is 2.21. The van der Waals surface area contributed by atoms with Gasteiger partial charge in [0, 0.05) is 11.8 Å². The first-order valence-electron chi connectivity index (χ1n) is 5.80. The molecule has 2 N–H and O–H groups in total. The van der Waals surface area contributed by atoms with Gasteiger partial charge in [-0.15, -0.1) is 11.3 Å². The molecule has 0 radical (unpaired) electrons. The topological polar surface area (TPSA) is 37.0 Å². The van der Waals surface area contributed by atoms with E-state index in [2.05, 4.69) is 16.0 Å². The Labute approximate surface area is 94.3 Å². The molecule has 15 heavy (non-hydrogen) atoms. The van der Waals surface area contributed by atoms with E-state index >= 15 is 0 Å². The van der Waals surface area contributed by atoms with Crippen LogP contribution in [-0.2, 0) is 6.42 Å². The summed E-state index contributed by atoms with van der Waals surface area (Å²) < 4.78 is 0. The van der Waals surface area contributed by atoms with Gasteiger partial charge in [-0.3, -0.25) is 0 Å². The summed E-state index contributed by atoms with van der Waals surface area (Å²) in [6.45, 7) is 3.51. The molecule has 0 aliphatic carbocycles. The molecule has 1 aromatic rings. The first kappa shape index (κ1) is 9.75. The summed E-state index contributed by atoms with van der Waals surface area (Å²) in [5.74, 6) is 0.834. The second kappa shape index (κ2) is 4.20. The monoisotopic (exact) mass is 223 g/mol. The van der Waals surface area contributed by atoms with Crippen LogP contribution in [0.5, 0.6) is 0 Å². The molecule has 1 aromatic heterocycles. The summed E-state index contributed by atoms with van der Waals surface area (Å²) in [5.41, 5.74) is 1.28. The number of hydrogen-bond acceptors (Lipinski definition) is 4. The van der Waals surface area contributed by atoms with E-state index < -0.39 is 0 Å². The maximum atomic E-state index is 4.74. The minimum atomic E-state index is 0.537. The highest BCUT2D eigenvalue weighted by Crippen LogP contribution is 2.25. The van der Waals surface area contributed by atoms with Crippen molar-refractivity contribution in [3.05, 3.63) is 16.1 Å². The number of thiazole rings is 1. The third-order valence-electron chi connectivity index (χ3n) is 3.32. The van der Waals surface area contributed by atoms with Crippen LogP contribution in [0.3, 0.4) is 0 Å². The van der Waals surface area contributed by atoms with E-state index in [1.807, 2.05) is 11.3 Å². The SMILES string of the molecule is c1sc(CC2CNC2)nc1C1CCCN1. The summed E-state index contributed by atoms with van der Waals surface area (Å²) in [7, 11) is 0. The largest absolute Gasteiger partial charge is 0.316 e. The maximum absolute atomic E-state index is 4.74. The molecule has 3 heterocycles. The van der Waals surface area contributed by atoms with Crippen molar-refractivity contribution >= 4 is 11.3 Å². The van der Waals surface area contributed by atoms with Crippen LogP contribution >= 0.6 is 11.3 Å². The van der Waals surface area contributed by atoms with Crippen molar-refractivity contribution in [3.8, 4) is 0 Å². The minimum Gasteiger partial charge on any atom is -0.316 e.